The molecule has 2 aromatic heterocycles. The van der Waals surface area contributed by atoms with Gasteiger partial charge in [0.25, 0.3) is 11.5 Å². The number of benzene rings is 1. The van der Waals surface area contributed by atoms with Gasteiger partial charge in [-0.15, -0.1) is 11.3 Å². The highest BCUT2D eigenvalue weighted by molar-refractivity contribution is 7.20. The molecule has 0 atom stereocenters. The van der Waals surface area contributed by atoms with Gasteiger partial charge in [-0.3, -0.25) is 19.1 Å². The lowest BCUT2D eigenvalue weighted by molar-refractivity contribution is 0.103. The lowest BCUT2D eigenvalue weighted by Crippen LogP contribution is -2.34. The molecule has 0 aliphatic heterocycles. The van der Waals surface area contributed by atoms with Gasteiger partial charge in [0.1, 0.15) is 4.83 Å². The third-order valence-electron chi connectivity index (χ3n) is 4.34. The average molecular weight is 382 g/mol. The average Bonchev–Trinajstić information content (AvgIpc) is 2.96. The van der Waals surface area contributed by atoms with Gasteiger partial charge in [-0.2, -0.15) is 5.26 Å². The van der Waals surface area contributed by atoms with Crippen LogP contribution in [0, 0.1) is 25.2 Å². The zero-order chi connectivity index (χ0) is 19.6. The predicted octanol–water partition coefficient (Wildman–Crippen LogP) is 2.92. The molecule has 7 nitrogen and oxygen atoms in total. The summed E-state index contributed by atoms with van der Waals surface area (Å²) in [7, 11) is 0. The lowest BCUT2D eigenvalue weighted by Gasteiger charge is -2.07. The molecule has 0 spiro atoms. The van der Waals surface area contributed by atoms with E-state index in [0.717, 1.165) is 21.5 Å². The number of aromatic nitrogens is 2. The second kappa shape index (κ2) is 7.60. The number of H-pyrrole nitrogens is 1. The number of anilines is 1. The Labute approximate surface area is 158 Å². The molecule has 8 heteroatoms. The van der Waals surface area contributed by atoms with Crippen LogP contribution < -0.4 is 16.6 Å². The van der Waals surface area contributed by atoms with Crippen molar-refractivity contribution in [2.75, 3.05) is 5.32 Å². The molecule has 2 heterocycles. The molecule has 0 bridgehead atoms. The number of carbonyl (C=O) groups excluding carboxylic acids is 1. The SMILES string of the molecule is Cc1ccccc1NC(=O)c1sc2[nH]c(=O)n(CCCC#N)c(=O)c2c1C. The number of carbonyl (C=O) groups is 1. The van der Waals surface area contributed by atoms with Crippen LogP contribution in [0.2, 0.25) is 0 Å². The second-order valence-electron chi connectivity index (χ2n) is 6.18. The van der Waals surface area contributed by atoms with Gasteiger partial charge in [0, 0.05) is 18.7 Å². The van der Waals surface area contributed by atoms with E-state index < -0.39 is 11.2 Å². The summed E-state index contributed by atoms with van der Waals surface area (Å²) in [5.41, 5.74) is 1.20. The first-order valence-corrected chi connectivity index (χ1v) is 9.26. The molecule has 1 amide bonds. The summed E-state index contributed by atoms with van der Waals surface area (Å²) in [6, 6.07) is 9.41. The number of fused-ring (bicyclic) bond motifs is 1. The van der Waals surface area contributed by atoms with Crippen LogP contribution in [-0.4, -0.2) is 15.5 Å². The Balaban J connectivity index is 2.02. The molecule has 3 rings (SSSR count). The third-order valence-corrected chi connectivity index (χ3v) is 5.55. The third kappa shape index (κ3) is 3.55. The first-order valence-electron chi connectivity index (χ1n) is 8.44. The number of amides is 1. The van der Waals surface area contributed by atoms with Crippen molar-refractivity contribution >= 4 is 33.1 Å². The van der Waals surface area contributed by atoms with Crippen molar-refractivity contribution < 1.29 is 4.79 Å². The van der Waals surface area contributed by atoms with Gasteiger partial charge in [0.05, 0.1) is 16.3 Å². The Bertz CT molecular complexity index is 1180. The topological polar surface area (TPSA) is 108 Å². The number of rotatable bonds is 5. The van der Waals surface area contributed by atoms with E-state index in [0.29, 0.717) is 32.8 Å². The summed E-state index contributed by atoms with van der Waals surface area (Å²) in [4.78, 5) is 41.1. The summed E-state index contributed by atoms with van der Waals surface area (Å²) in [5, 5.41) is 11.8. The highest BCUT2D eigenvalue weighted by Gasteiger charge is 2.20. The monoisotopic (exact) mass is 382 g/mol. The zero-order valence-electron chi connectivity index (χ0n) is 15.0. The standard InChI is InChI=1S/C19H18N4O3S/c1-11-7-3-4-8-13(11)21-16(24)15-12(2)14-17(27-15)22-19(26)23(18(14)25)10-6-5-9-20/h3-4,7-8H,5-6,10H2,1-2H3,(H,21,24)(H,22,26). The van der Waals surface area contributed by atoms with Crippen molar-refractivity contribution in [1.29, 1.82) is 5.26 Å². The quantitative estimate of drug-likeness (QED) is 0.661. The van der Waals surface area contributed by atoms with Gasteiger partial charge in [0.15, 0.2) is 0 Å². The summed E-state index contributed by atoms with van der Waals surface area (Å²) in [6.45, 7) is 3.76. The molecule has 0 radical (unpaired) electrons. The van der Waals surface area contributed by atoms with E-state index in [2.05, 4.69) is 10.3 Å². The van der Waals surface area contributed by atoms with Crippen molar-refractivity contribution in [3.05, 3.63) is 61.1 Å². The second-order valence-corrected chi connectivity index (χ2v) is 7.20. The fourth-order valence-electron chi connectivity index (χ4n) is 2.88. The summed E-state index contributed by atoms with van der Waals surface area (Å²) in [5.74, 6) is -0.320. The van der Waals surface area contributed by atoms with Crippen LogP contribution in [-0.2, 0) is 6.54 Å². The number of nitrogens with one attached hydrogen (secondary N) is 2. The van der Waals surface area contributed by atoms with E-state index in [1.54, 1.807) is 13.0 Å². The van der Waals surface area contributed by atoms with Crippen molar-refractivity contribution in [3.8, 4) is 6.07 Å². The minimum absolute atomic E-state index is 0.164. The molecule has 0 aliphatic rings. The predicted molar refractivity (Wildman–Crippen MR) is 105 cm³/mol. The molecular formula is C19H18N4O3S. The Kier molecular flexibility index (Phi) is 5.23. The van der Waals surface area contributed by atoms with E-state index in [1.807, 2.05) is 31.2 Å². The molecule has 0 fully saturated rings. The number of aromatic amines is 1. The van der Waals surface area contributed by atoms with Crippen LogP contribution in [0.4, 0.5) is 5.69 Å². The van der Waals surface area contributed by atoms with Crippen LogP contribution in [0.15, 0.2) is 33.9 Å². The molecule has 0 saturated heterocycles. The van der Waals surface area contributed by atoms with E-state index >= 15 is 0 Å². The maximum absolute atomic E-state index is 12.7. The number of hydrogen-bond donors (Lipinski definition) is 2. The fourth-order valence-corrected chi connectivity index (χ4v) is 3.96. The van der Waals surface area contributed by atoms with Crippen LogP contribution in [0.1, 0.15) is 33.6 Å². The Morgan fingerprint density at radius 2 is 2.04 bits per heavy atom. The van der Waals surface area contributed by atoms with Gasteiger partial charge < -0.3 is 5.32 Å². The minimum Gasteiger partial charge on any atom is -0.321 e. The Hall–Kier alpha value is -3.18. The molecular weight excluding hydrogens is 364 g/mol. The van der Waals surface area contributed by atoms with Crippen molar-refractivity contribution in [3.63, 3.8) is 0 Å². The van der Waals surface area contributed by atoms with Gasteiger partial charge in [-0.05, 0) is 37.5 Å². The fraction of sp³-hybridized carbons (Fsp3) is 0.263. The largest absolute Gasteiger partial charge is 0.329 e. The maximum Gasteiger partial charge on any atom is 0.329 e. The highest BCUT2D eigenvalue weighted by Crippen LogP contribution is 2.27. The molecule has 3 aromatic rings. The Morgan fingerprint density at radius 1 is 1.30 bits per heavy atom. The van der Waals surface area contributed by atoms with Gasteiger partial charge in [0.2, 0.25) is 0 Å². The first kappa shape index (κ1) is 18.6. The van der Waals surface area contributed by atoms with Crippen molar-refractivity contribution in [2.24, 2.45) is 0 Å². The molecule has 27 heavy (non-hydrogen) atoms. The van der Waals surface area contributed by atoms with Gasteiger partial charge in [-0.25, -0.2) is 4.79 Å². The maximum atomic E-state index is 12.7. The van der Waals surface area contributed by atoms with Crippen molar-refractivity contribution in [2.45, 2.75) is 33.2 Å². The number of hydrogen-bond acceptors (Lipinski definition) is 5. The van der Waals surface area contributed by atoms with Crippen LogP contribution in [0.25, 0.3) is 10.2 Å². The van der Waals surface area contributed by atoms with Gasteiger partial charge >= 0.3 is 5.69 Å². The van der Waals surface area contributed by atoms with E-state index in [9.17, 15) is 14.4 Å². The summed E-state index contributed by atoms with van der Waals surface area (Å²) in [6.07, 6.45) is 0.672. The molecule has 138 valence electrons. The zero-order valence-corrected chi connectivity index (χ0v) is 15.8. The molecule has 1 aromatic carbocycles. The number of thiophene rings is 1. The Morgan fingerprint density at radius 3 is 2.74 bits per heavy atom. The normalized spacial score (nSPS) is 10.7. The van der Waals surface area contributed by atoms with E-state index in [1.165, 1.54) is 0 Å². The number of nitrogens with zero attached hydrogens (tertiary/aromatic N) is 2. The first-order chi connectivity index (χ1) is 12.9. The molecule has 0 aliphatic carbocycles. The van der Waals surface area contributed by atoms with Crippen molar-refractivity contribution in [1.82, 2.24) is 9.55 Å². The number of aryl methyl sites for hydroxylation is 2. The van der Waals surface area contributed by atoms with Crippen LogP contribution in [0.3, 0.4) is 0 Å². The highest BCUT2D eigenvalue weighted by atomic mass is 32.1. The minimum atomic E-state index is -0.530. The van der Waals surface area contributed by atoms with E-state index in [4.69, 9.17) is 5.26 Å². The van der Waals surface area contributed by atoms with E-state index in [-0.39, 0.29) is 18.9 Å². The summed E-state index contributed by atoms with van der Waals surface area (Å²) < 4.78 is 1.09. The number of nitriles is 1. The lowest BCUT2D eigenvalue weighted by atomic mass is 10.2. The smallest absolute Gasteiger partial charge is 0.321 e. The molecule has 2 N–H and O–H groups in total. The van der Waals surface area contributed by atoms with Gasteiger partial charge in [-0.1, -0.05) is 18.2 Å². The molecule has 0 unspecified atom stereocenters. The molecule has 0 saturated carbocycles. The van der Waals surface area contributed by atoms with Crippen LogP contribution in [0.5, 0.6) is 0 Å². The number of para-hydroxylation sites is 1. The number of unbranched alkanes of at least 4 members (excludes halogenated alkanes) is 1. The van der Waals surface area contributed by atoms with Crippen LogP contribution >= 0.6 is 11.3 Å². The summed E-state index contributed by atoms with van der Waals surface area (Å²) >= 11 is 1.09.